The molecule has 0 aliphatic heterocycles. The van der Waals surface area contributed by atoms with Gasteiger partial charge < -0.3 is 13.5 Å². The molecule has 4 heterocycles. The molecule has 4 nitrogen and oxygen atoms in total. The van der Waals surface area contributed by atoms with Gasteiger partial charge in [0.15, 0.2) is 0 Å². The molecule has 0 fully saturated rings. The first-order valence-electron chi connectivity index (χ1n) is 17.3. The van der Waals surface area contributed by atoms with Crippen molar-refractivity contribution in [1.82, 2.24) is 18.5 Å². The molecular weight excluding hydrogens is 609 g/mol. The summed E-state index contributed by atoms with van der Waals surface area (Å²) in [4.78, 5) is 5.12. The number of benzene rings is 6. The normalized spacial score (nSPS) is 13.6. The summed E-state index contributed by atoms with van der Waals surface area (Å²) in [6, 6.07) is 52.8. The molecule has 1 aliphatic carbocycles. The predicted molar refractivity (Wildman–Crippen MR) is 207 cm³/mol. The van der Waals surface area contributed by atoms with E-state index < -0.39 is 0 Å². The molecule has 0 saturated heterocycles. The summed E-state index contributed by atoms with van der Waals surface area (Å²) in [7, 11) is 0. The van der Waals surface area contributed by atoms with Crippen molar-refractivity contribution in [3.63, 3.8) is 0 Å². The van der Waals surface area contributed by atoms with Crippen LogP contribution in [0.25, 0.3) is 83.0 Å². The molecule has 4 heteroatoms. The van der Waals surface area contributed by atoms with Crippen LogP contribution in [0.4, 0.5) is 0 Å². The van der Waals surface area contributed by atoms with Gasteiger partial charge in [0.05, 0.1) is 33.4 Å². The van der Waals surface area contributed by atoms with E-state index in [9.17, 15) is 0 Å². The molecular formula is C46H32N4. The van der Waals surface area contributed by atoms with Gasteiger partial charge in [0.1, 0.15) is 5.65 Å². The van der Waals surface area contributed by atoms with Gasteiger partial charge in [0, 0.05) is 56.2 Å². The Kier molecular flexibility index (Phi) is 5.42. The fourth-order valence-corrected chi connectivity index (χ4v) is 9.00. The molecule has 236 valence electrons. The van der Waals surface area contributed by atoms with Gasteiger partial charge in [-0.2, -0.15) is 0 Å². The van der Waals surface area contributed by atoms with Crippen LogP contribution in [-0.2, 0) is 5.41 Å². The Labute approximate surface area is 289 Å². The second kappa shape index (κ2) is 9.83. The standard InChI is InChI=1S/C46H32N4/c1-46(2)34-22-10-6-18-30(34)40-43(46)41-32-20-8-12-24-37(32)49(29-16-4-3-5-17-29)44(41)42-33-21-9-13-25-38(33)50(45(40)42)36-23-11-7-19-31(36)35-28-48-27-15-14-26-39(48)47-35/h3-28H,1-2H3. The molecule has 6 aromatic carbocycles. The number of fused-ring (bicyclic) bond motifs is 13. The lowest BCUT2D eigenvalue weighted by molar-refractivity contribution is 0.667. The molecule has 1 aliphatic rings. The van der Waals surface area contributed by atoms with Crippen LogP contribution in [-0.4, -0.2) is 18.5 Å². The topological polar surface area (TPSA) is 27.2 Å². The fraction of sp³-hybridized carbons (Fsp3) is 0.0652. The van der Waals surface area contributed by atoms with E-state index in [0.717, 1.165) is 28.3 Å². The number of rotatable bonds is 3. The van der Waals surface area contributed by atoms with Crippen molar-refractivity contribution in [2.24, 2.45) is 0 Å². The fourth-order valence-electron chi connectivity index (χ4n) is 9.00. The molecule has 0 N–H and O–H groups in total. The summed E-state index contributed by atoms with van der Waals surface area (Å²) in [5, 5.41) is 5.13. The molecule has 50 heavy (non-hydrogen) atoms. The van der Waals surface area contributed by atoms with Gasteiger partial charge in [-0.05, 0) is 59.2 Å². The lowest BCUT2D eigenvalue weighted by atomic mass is 9.80. The van der Waals surface area contributed by atoms with Crippen LogP contribution in [0.15, 0.2) is 158 Å². The lowest BCUT2D eigenvalue weighted by Gasteiger charge is -2.23. The molecule has 10 aromatic rings. The zero-order valence-corrected chi connectivity index (χ0v) is 27.8. The smallest absolute Gasteiger partial charge is 0.137 e. The number of pyridine rings is 1. The zero-order chi connectivity index (χ0) is 33.1. The molecule has 0 atom stereocenters. The van der Waals surface area contributed by atoms with Crippen LogP contribution in [0.2, 0.25) is 0 Å². The monoisotopic (exact) mass is 640 g/mol. The molecule has 0 spiro atoms. The lowest BCUT2D eigenvalue weighted by Crippen LogP contribution is -2.15. The predicted octanol–water partition coefficient (Wildman–Crippen LogP) is 11.5. The summed E-state index contributed by atoms with van der Waals surface area (Å²) in [6.07, 6.45) is 4.22. The van der Waals surface area contributed by atoms with E-state index in [1.54, 1.807) is 0 Å². The van der Waals surface area contributed by atoms with Crippen LogP contribution in [0.5, 0.6) is 0 Å². The Bertz CT molecular complexity index is 2970. The maximum absolute atomic E-state index is 5.12. The summed E-state index contributed by atoms with van der Waals surface area (Å²) < 4.78 is 7.15. The highest BCUT2D eigenvalue weighted by molar-refractivity contribution is 6.31. The van der Waals surface area contributed by atoms with Crippen LogP contribution in [0, 0.1) is 0 Å². The van der Waals surface area contributed by atoms with E-state index in [-0.39, 0.29) is 5.41 Å². The Morgan fingerprint density at radius 1 is 0.540 bits per heavy atom. The highest BCUT2D eigenvalue weighted by atomic mass is 15.0. The Hall–Kier alpha value is -6.39. The van der Waals surface area contributed by atoms with Gasteiger partial charge in [-0.3, -0.25) is 0 Å². The van der Waals surface area contributed by atoms with Crippen molar-refractivity contribution in [2.75, 3.05) is 0 Å². The highest BCUT2D eigenvalue weighted by Gasteiger charge is 2.41. The molecule has 0 saturated carbocycles. The van der Waals surface area contributed by atoms with Crippen LogP contribution in [0.3, 0.4) is 0 Å². The zero-order valence-electron chi connectivity index (χ0n) is 27.8. The van der Waals surface area contributed by atoms with Crippen molar-refractivity contribution in [3.8, 4) is 33.8 Å². The molecule has 0 amide bonds. The van der Waals surface area contributed by atoms with Crippen molar-refractivity contribution in [1.29, 1.82) is 0 Å². The Balaban J connectivity index is 1.42. The number of aromatic nitrogens is 4. The second-order valence-electron chi connectivity index (χ2n) is 14.0. The second-order valence-corrected chi connectivity index (χ2v) is 14.0. The number of imidazole rings is 1. The first kappa shape index (κ1) is 27.5. The van der Waals surface area contributed by atoms with Gasteiger partial charge >= 0.3 is 0 Å². The first-order chi connectivity index (χ1) is 24.6. The largest absolute Gasteiger partial charge is 0.309 e. The minimum absolute atomic E-state index is 0.230. The van der Waals surface area contributed by atoms with Gasteiger partial charge in [-0.25, -0.2) is 4.98 Å². The SMILES string of the molecule is CC1(C)c2ccccc2-c2c1c1c3ccccc3n(-c3ccccc3)c1c1c3ccccc3n(-c3ccccc3-c3cn4ccccc4n3)c21. The van der Waals surface area contributed by atoms with Crippen molar-refractivity contribution in [3.05, 3.63) is 169 Å². The average molecular weight is 641 g/mol. The third kappa shape index (κ3) is 3.47. The van der Waals surface area contributed by atoms with Gasteiger partial charge in [-0.15, -0.1) is 0 Å². The minimum Gasteiger partial charge on any atom is -0.309 e. The van der Waals surface area contributed by atoms with E-state index >= 15 is 0 Å². The third-order valence-electron chi connectivity index (χ3n) is 11.0. The Morgan fingerprint density at radius 2 is 1.18 bits per heavy atom. The molecule has 0 unspecified atom stereocenters. The number of hydrogen-bond acceptors (Lipinski definition) is 1. The van der Waals surface area contributed by atoms with E-state index in [1.807, 2.05) is 6.07 Å². The maximum Gasteiger partial charge on any atom is 0.137 e. The van der Waals surface area contributed by atoms with Crippen molar-refractivity contribution >= 4 is 49.3 Å². The summed E-state index contributed by atoms with van der Waals surface area (Å²) in [5.74, 6) is 0. The van der Waals surface area contributed by atoms with E-state index in [0.29, 0.717) is 0 Å². The van der Waals surface area contributed by atoms with Gasteiger partial charge in [-0.1, -0.05) is 117 Å². The molecule has 4 aromatic heterocycles. The number of hydrogen-bond donors (Lipinski definition) is 0. The summed E-state index contributed by atoms with van der Waals surface area (Å²) in [5.41, 5.74) is 15.3. The maximum atomic E-state index is 5.12. The van der Waals surface area contributed by atoms with E-state index in [1.165, 1.54) is 65.9 Å². The number of para-hydroxylation sites is 4. The van der Waals surface area contributed by atoms with E-state index in [4.69, 9.17) is 4.98 Å². The third-order valence-corrected chi connectivity index (χ3v) is 11.0. The van der Waals surface area contributed by atoms with Crippen molar-refractivity contribution in [2.45, 2.75) is 19.3 Å². The average Bonchev–Trinajstić information content (AvgIpc) is 3.89. The van der Waals surface area contributed by atoms with Crippen molar-refractivity contribution < 1.29 is 0 Å². The molecule has 11 rings (SSSR count). The van der Waals surface area contributed by atoms with Gasteiger partial charge in [0.2, 0.25) is 0 Å². The first-order valence-corrected chi connectivity index (χ1v) is 17.3. The van der Waals surface area contributed by atoms with Crippen LogP contribution < -0.4 is 0 Å². The molecule has 0 radical (unpaired) electrons. The van der Waals surface area contributed by atoms with E-state index in [2.05, 4.69) is 179 Å². The molecule has 0 bridgehead atoms. The summed E-state index contributed by atoms with van der Waals surface area (Å²) >= 11 is 0. The highest BCUT2D eigenvalue weighted by Crippen LogP contribution is 2.58. The van der Waals surface area contributed by atoms with Crippen LogP contribution >= 0.6 is 0 Å². The minimum atomic E-state index is -0.230. The van der Waals surface area contributed by atoms with Crippen LogP contribution in [0.1, 0.15) is 25.0 Å². The quantitative estimate of drug-likeness (QED) is 0.189. The Morgan fingerprint density at radius 3 is 1.98 bits per heavy atom. The van der Waals surface area contributed by atoms with Gasteiger partial charge in [0.25, 0.3) is 0 Å². The summed E-state index contributed by atoms with van der Waals surface area (Å²) in [6.45, 7) is 4.82. The number of nitrogens with zero attached hydrogens (tertiary/aromatic N) is 4.